The number of rotatable bonds is 6. The van der Waals surface area contributed by atoms with Gasteiger partial charge in [0.25, 0.3) is 0 Å². The third kappa shape index (κ3) is 3.95. The molecule has 1 aliphatic rings. The van der Waals surface area contributed by atoms with Gasteiger partial charge in [0.05, 0.1) is 0 Å². The number of aromatic nitrogens is 1. The van der Waals surface area contributed by atoms with E-state index in [4.69, 9.17) is 4.98 Å². The molecule has 1 aliphatic carbocycles. The van der Waals surface area contributed by atoms with Gasteiger partial charge in [-0.05, 0) is 43.5 Å². The number of hydrogen-bond acceptors (Lipinski definition) is 3. The van der Waals surface area contributed by atoms with Crippen LogP contribution in [0.25, 0.3) is 0 Å². The lowest BCUT2D eigenvalue weighted by Gasteiger charge is -2.24. The van der Waals surface area contributed by atoms with Gasteiger partial charge in [0.15, 0.2) is 0 Å². The van der Waals surface area contributed by atoms with Crippen LogP contribution in [0.3, 0.4) is 0 Å². The van der Waals surface area contributed by atoms with Crippen molar-refractivity contribution in [2.75, 3.05) is 18.5 Å². The molecule has 2 rings (SSSR count). The third-order valence-corrected chi connectivity index (χ3v) is 3.85. The van der Waals surface area contributed by atoms with Crippen LogP contribution in [0, 0.1) is 0 Å². The van der Waals surface area contributed by atoms with Gasteiger partial charge in [0.2, 0.25) is 0 Å². The predicted octanol–water partition coefficient (Wildman–Crippen LogP) is 3.48. The summed E-state index contributed by atoms with van der Waals surface area (Å²) in [7, 11) is 2.18. The lowest BCUT2D eigenvalue weighted by atomic mass is 9.90. The minimum Gasteiger partial charge on any atom is -0.357 e. The normalized spacial score (nSPS) is 15.4. The Hall–Kier alpha value is -1.09. The summed E-state index contributed by atoms with van der Waals surface area (Å²) in [6, 6.07) is 5.21. The zero-order valence-corrected chi connectivity index (χ0v) is 13.7. The van der Waals surface area contributed by atoms with Crippen LogP contribution in [-0.2, 0) is 12.0 Å². The Morgan fingerprint density at radius 1 is 1.30 bits per heavy atom. The van der Waals surface area contributed by atoms with Crippen molar-refractivity contribution in [1.29, 1.82) is 0 Å². The zero-order valence-electron chi connectivity index (χ0n) is 13.7. The van der Waals surface area contributed by atoms with Crippen LogP contribution in [0.1, 0.15) is 58.2 Å². The van der Waals surface area contributed by atoms with Gasteiger partial charge >= 0.3 is 0 Å². The standard InChI is InChI=1S/C17H29N3/c1-6-9-18-12-13-10-15(17(2,3)4)19-16(11-13)20(5)14-7-8-14/h10-11,14,18H,6-9,12H2,1-5H3. The van der Waals surface area contributed by atoms with Gasteiger partial charge in [-0.25, -0.2) is 4.98 Å². The first-order valence-electron chi connectivity index (χ1n) is 7.87. The number of pyridine rings is 1. The van der Waals surface area contributed by atoms with Gasteiger partial charge in [-0.1, -0.05) is 27.7 Å². The first-order chi connectivity index (χ1) is 9.41. The summed E-state index contributed by atoms with van der Waals surface area (Å²) < 4.78 is 0. The topological polar surface area (TPSA) is 28.2 Å². The minimum atomic E-state index is 0.0971. The van der Waals surface area contributed by atoms with Crippen molar-refractivity contribution >= 4 is 5.82 Å². The summed E-state index contributed by atoms with van der Waals surface area (Å²) in [5.74, 6) is 1.13. The highest BCUT2D eigenvalue weighted by Gasteiger charge is 2.28. The molecule has 20 heavy (non-hydrogen) atoms. The fourth-order valence-corrected chi connectivity index (χ4v) is 2.30. The molecule has 112 valence electrons. The van der Waals surface area contributed by atoms with Gasteiger partial charge in [-0.2, -0.15) is 0 Å². The molecule has 3 heteroatoms. The highest BCUT2D eigenvalue weighted by Crippen LogP contribution is 2.31. The fourth-order valence-electron chi connectivity index (χ4n) is 2.30. The molecule has 1 fully saturated rings. The fraction of sp³-hybridized carbons (Fsp3) is 0.706. The van der Waals surface area contributed by atoms with E-state index in [1.807, 2.05) is 0 Å². The second-order valence-electron chi connectivity index (χ2n) is 6.99. The Bertz CT molecular complexity index is 444. The Kier molecular flexibility index (Phi) is 4.69. The highest BCUT2D eigenvalue weighted by atomic mass is 15.2. The first kappa shape index (κ1) is 15.3. The number of nitrogens with zero attached hydrogens (tertiary/aromatic N) is 2. The van der Waals surface area contributed by atoms with Gasteiger partial charge in [0, 0.05) is 30.7 Å². The number of nitrogens with one attached hydrogen (secondary N) is 1. The Morgan fingerprint density at radius 3 is 2.55 bits per heavy atom. The molecule has 1 N–H and O–H groups in total. The van der Waals surface area contributed by atoms with E-state index in [1.54, 1.807) is 0 Å². The lowest BCUT2D eigenvalue weighted by molar-refractivity contribution is 0.565. The minimum absolute atomic E-state index is 0.0971. The molecular formula is C17H29N3. The van der Waals surface area contributed by atoms with Crippen LogP contribution < -0.4 is 10.2 Å². The SMILES string of the molecule is CCCNCc1cc(N(C)C2CC2)nc(C(C)(C)C)c1. The summed E-state index contributed by atoms with van der Waals surface area (Å²) >= 11 is 0. The molecule has 0 aromatic carbocycles. The van der Waals surface area contributed by atoms with E-state index in [0.717, 1.165) is 18.9 Å². The van der Waals surface area contributed by atoms with E-state index in [-0.39, 0.29) is 5.41 Å². The number of anilines is 1. The average molecular weight is 275 g/mol. The maximum absolute atomic E-state index is 4.89. The highest BCUT2D eigenvalue weighted by molar-refractivity contribution is 5.45. The Labute approximate surface area is 123 Å². The van der Waals surface area contributed by atoms with Crippen LogP contribution in [0.4, 0.5) is 5.82 Å². The summed E-state index contributed by atoms with van der Waals surface area (Å²) in [5, 5.41) is 3.49. The van der Waals surface area contributed by atoms with Crippen molar-refractivity contribution in [3.8, 4) is 0 Å². The summed E-state index contributed by atoms with van der Waals surface area (Å²) in [4.78, 5) is 7.24. The Balaban J connectivity index is 2.23. The summed E-state index contributed by atoms with van der Waals surface area (Å²) in [6.07, 6.45) is 3.79. The van der Waals surface area contributed by atoms with E-state index in [0.29, 0.717) is 6.04 Å². The van der Waals surface area contributed by atoms with Crippen LogP contribution >= 0.6 is 0 Å². The molecule has 0 aliphatic heterocycles. The third-order valence-electron chi connectivity index (χ3n) is 3.85. The van der Waals surface area contributed by atoms with Crippen LogP contribution in [0.5, 0.6) is 0 Å². The zero-order chi connectivity index (χ0) is 14.8. The predicted molar refractivity (Wildman–Crippen MR) is 86.4 cm³/mol. The van der Waals surface area contributed by atoms with Crippen LogP contribution in [0.2, 0.25) is 0 Å². The molecule has 0 spiro atoms. The van der Waals surface area contributed by atoms with Gasteiger partial charge in [0.1, 0.15) is 5.82 Å². The lowest BCUT2D eigenvalue weighted by Crippen LogP contribution is -2.24. The molecule has 1 aromatic heterocycles. The van der Waals surface area contributed by atoms with Gasteiger partial charge in [-0.3, -0.25) is 0 Å². The van der Waals surface area contributed by atoms with E-state index in [1.165, 1.54) is 30.5 Å². The monoisotopic (exact) mass is 275 g/mol. The Morgan fingerprint density at radius 2 is 2.00 bits per heavy atom. The maximum Gasteiger partial charge on any atom is 0.129 e. The summed E-state index contributed by atoms with van der Waals surface area (Å²) in [6.45, 7) is 10.9. The molecule has 1 saturated carbocycles. The first-order valence-corrected chi connectivity index (χ1v) is 7.87. The van der Waals surface area contributed by atoms with Crippen molar-refractivity contribution in [2.24, 2.45) is 0 Å². The number of hydrogen-bond donors (Lipinski definition) is 1. The largest absolute Gasteiger partial charge is 0.357 e. The van der Waals surface area contributed by atoms with E-state index >= 15 is 0 Å². The van der Waals surface area contributed by atoms with Crippen molar-refractivity contribution in [2.45, 2.75) is 65.0 Å². The molecule has 0 amide bonds. The molecule has 1 aromatic rings. The molecule has 0 atom stereocenters. The quantitative estimate of drug-likeness (QED) is 0.806. The van der Waals surface area contributed by atoms with Crippen LogP contribution in [-0.4, -0.2) is 24.6 Å². The molecule has 0 saturated heterocycles. The van der Waals surface area contributed by atoms with Crippen molar-refractivity contribution in [3.63, 3.8) is 0 Å². The average Bonchev–Trinajstić information content (AvgIpc) is 3.21. The van der Waals surface area contributed by atoms with Crippen molar-refractivity contribution < 1.29 is 0 Å². The second kappa shape index (κ2) is 6.13. The van der Waals surface area contributed by atoms with Gasteiger partial charge in [-0.15, -0.1) is 0 Å². The van der Waals surface area contributed by atoms with E-state index < -0.39 is 0 Å². The molecule has 3 nitrogen and oxygen atoms in total. The smallest absolute Gasteiger partial charge is 0.129 e. The van der Waals surface area contributed by atoms with Crippen LogP contribution in [0.15, 0.2) is 12.1 Å². The van der Waals surface area contributed by atoms with Crippen molar-refractivity contribution in [1.82, 2.24) is 10.3 Å². The molecule has 0 unspecified atom stereocenters. The second-order valence-corrected chi connectivity index (χ2v) is 6.99. The van der Waals surface area contributed by atoms with Crippen molar-refractivity contribution in [3.05, 3.63) is 23.4 Å². The molecule has 0 radical (unpaired) electrons. The molecule has 0 bridgehead atoms. The molecule has 1 heterocycles. The maximum atomic E-state index is 4.89. The van der Waals surface area contributed by atoms with E-state index in [2.05, 4.69) is 57.1 Å². The van der Waals surface area contributed by atoms with Gasteiger partial charge < -0.3 is 10.2 Å². The molecular weight excluding hydrogens is 246 g/mol. The summed E-state index contributed by atoms with van der Waals surface area (Å²) in [5.41, 5.74) is 2.64. The van der Waals surface area contributed by atoms with E-state index in [9.17, 15) is 0 Å².